The quantitative estimate of drug-likeness (QED) is 0.695. The second kappa shape index (κ2) is 8.72. The molecular weight excluding hydrogens is 415 g/mol. The third-order valence-corrected chi connectivity index (χ3v) is 6.19. The zero-order valence-corrected chi connectivity index (χ0v) is 18.3. The molecule has 1 saturated carbocycles. The predicted octanol–water partition coefficient (Wildman–Crippen LogP) is 2.67. The molecule has 1 aliphatic carbocycles. The van der Waals surface area contributed by atoms with Crippen LogP contribution in [0.4, 0.5) is 4.39 Å². The summed E-state index contributed by atoms with van der Waals surface area (Å²) in [5, 5.41) is 7.32. The first-order chi connectivity index (χ1) is 15.3. The molecule has 1 aromatic carbocycles. The Balaban J connectivity index is 1.70. The summed E-state index contributed by atoms with van der Waals surface area (Å²) in [6.45, 7) is 3.67. The smallest absolute Gasteiger partial charge is 0.358 e. The van der Waals surface area contributed by atoms with Crippen LogP contribution in [-0.2, 0) is 22.6 Å². The second-order valence-electron chi connectivity index (χ2n) is 8.54. The molecule has 0 spiro atoms. The molecule has 2 amide bonds. The van der Waals surface area contributed by atoms with Crippen LogP contribution in [-0.4, -0.2) is 50.7 Å². The number of amides is 2. The molecule has 2 aromatic rings. The number of ether oxygens (including phenoxy) is 1. The van der Waals surface area contributed by atoms with Crippen molar-refractivity contribution < 1.29 is 23.5 Å². The summed E-state index contributed by atoms with van der Waals surface area (Å²) in [6, 6.07) is 7.40. The van der Waals surface area contributed by atoms with E-state index in [0.717, 1.165) is 25.7 Å². The maximum absolute atomic E-state index is 13.8. The number of nitrogens with zero attached hydrogens (tertiary/aromatic N) is 3. The van der Waals surface area contributed by atoms with Gasteiger partial charge in [0.05, 0.1) is 13.2 Å². The van der Waals surface area contributed by atoms with Crippen LogP contribution in [0.25, 0.3) is 0 Å². The minimum absolute atomic E-state index is 0.0151. The number of esters is 1. The van der Waals surface area contributed by atoms with Crippen molar-refractivity contribution in [1.82, 2.24) is 20.0 Å². The minimum atomic E-state index is -1.27. The molecule has 1 aromatic heterocycles. The zero-order valence-electron chi connectivity index (χ0n) is 18.3. The number of benzene rings is 1. The summed E-state index contributed by atoms with van der Waals surface area (Å²) in [4.78, 5) is 40.5. The van der Waals surface area contributed by atoms with Crippen molar-refractivity contribution in [2.24, 2.45) is 0 Å². The minimum Gasteiger partial charge on any atom is -0.461 e. The van der Waals surface area contributed by atoms with E-state index in [1.165, 1.54) is 27.8 Å². The summed E-state index contributed by atoms with van der Waals surface area (Å²) in [6.07, 6.45) is 3.92. The Kier molecular flexibility index (Phi) is 5.99. The number of aromatic nitrogens is 2. The fourth-order valence-electron chi connectivity index (χ4n) is 4.42. The SMILES string of the molecule is CCOC(=O)c1cc2n(n1)C[C@@](C)(C(=O)NC1CCCC1)N(Cc1cccc(F)c1)C2=O. The highest BCUT2D eigenvalue weighted by atomic mass is 19.1. The van der Waals surface area contributed by atoms with Gasteiger partial charge in [0.25, 0.3) is 5.91 Å². The topological polar surface area (TPSA) is 93.5 Å². The van der Waals surface area contributed by atoms with E-state index in [0.29, 0.717) is 5.56 Å². The summed E-state index contributed by atoms with van der Waals surface area (Å²) in [5.74, 6) is -1.78. The van der Waals surface area contributed by atoms with Crippen LogP contribution in [0.5, 0.6) is 0 Å². The molecule has 0 radical (unpaired) electrons. The largest absolute Gasteiger partial charge is 0.461 e. The van der Waals surface area contributed by atoms with Gasteiger partial charge in [0, 0.05) is 18.7 Å². The van der Waals surface area contributed by atoms with Gasteiger partial charge in [-0.25, -0.2) is 9.18 Å². The Bertz CT molecular complexity index is 1050. The first-order valence-electron chi connectivity index (χ1n) is 10.9. The van der Waals surface area contributed by atoms with Crippen molar-refractivity contribution in [2.75, 3.05) is 6.61 Å². The average Bonchev–Trinajstić information content (AvgIpc) is 3.41. The fraction of sp³-hybridized carbons (Fsp3) is 0.478. The highest BCUT2D eigenvalue weighted by Crippen LogP contribution is 2.30. The number of nitrogens with one attached hydrogen (secondary N) is 1. The molecule has 32 heavy (non-hydrogen) atoms. The lowest BCUT2D eigenvalue weighted by Gasteiger charge is -2.43. The molecule has 0 bridgehead atoms. The number of hydrogen-bond acceptors (Lipinski definition) is 5. The number of fused-ring (bicyclic) bond motifs is 1. The van der Waals surface area contributed by atoms with Crippen LogP contribution in [0.15, 0.2) is 30.3 Å². The van der Waals surface area contributed by atoms with Gasteiger partial charge >= 0.3 is 5.97 Å². The molecule has 0 unspecified atom stereocenters. The van der Waals surface area contributed by atoms with E-state index in [9.17, 15) is 18.8 Å². The van der Waals surface area contributed by atoms with E-state index >= 15 is 0 Å². The molecule has 170 valence electrons. The van der Waals surface area contributed by atoms with Crippen LogP contribution in [0.1, 0.15) is 66.1 Å². The number of rotatable bonds is 6. The Morgan fingerprint density at radius 3 is 2.72 bits per heavy atom. The van der Waals surface area contributed by atoms with Crippen LogP contribution < -0.4 is 5.32 Å². The van der Waals surface area contributed by atoms with Crippen LogP contribution in [0.3, 0.4) is 0 Å². The first kappa shape index (κ1) is 22.0. The van der Waals surface area contributed by atoms with Gasteiger partial charge in [-0.1, -0.05) is 25.0 Å². The maximum Gasteiger partial charge on any atom is 0.358 e. The lowest BCUT2D eigenvalue weighted by molar-refractivity contribution is -0.134. The average molecular weight is 442 g/mol. The molecule has 2 heterocycles. The van der Waals surface area contributed by atoms with Gasteiger partial charge < -0.3 is 15.0 Å². The van der Waals surface area contributed by atoms with E-state index in [-0.39, 0.29) is 43.0 Å². The number of hydrogen-bond donors (Lipinski definition) is 1. The first-order valence-corrected chi connectivity index (χ1v) is 10.9. The molecule has 1 atom stereocenters. The Morgan fingerprint density at radius 1 is 1.28 bits per heavy atom. The Morgan fingerprint density at radius 2 is 2.03 bits per heavy atom. The molecule has 4 rings (SSSR count). The van der Waals surface area contributed by atoms with Crippen LogP contribution in [0, 0.1) is 5.82 Å². The van der Waals surface area contributed by atoms with Crippen molar-refractivity contribution >= 4 is 17.8 Å². The van der Waals surface area contributed by atoms with Gasteiger partial charge in [-0.2, -0.15) is 5.10 Å². The Hall–Kier alpha value is -3.23. The van der Waals surface area contributed by atoms with Crippen LogP contribution >= 0.6 is 0 Å². The highest BCUT2D eigenvalue weighted by Gasteiger charge is 2.48. The predicted molar refractivity (Wildman–Crippen MR) is 113 cm³/mol. The number of halogens is 1. The summed E-state index contributed by atoms with van der Waals surface area (Å²) >= 11 is 0. The summed E-state index contributed by atoms with van der Waals surface area (Å²) in [7, 11) is 0. The van der Waals surface area contributed by atoms with E-state index in [1.54, 1.807) is 26.0 Å². The van der Waals surface area contributed by atoms with E-state index in [1.807, 2.05) is 0 Å². The molecule has 1 aliphatic heterocycles. The van der Waals surface area contributed by atoms with E-state index < -0.39 is 23.2 Å². The summed E-state index contributed by atoms with van der Waals surface area (Å²) < 4.78 is 20.2. The van der Waals surface area contributed by atoms with E-state index in [4.69, 9.17) is 4.74 Å². The molecule has 1 fully saturated rings. The van der Waals surface area contributed by atoms with Gasteiger partial charge in [0.2, 0.25) is 5.91 Å². The highest BCUT2D eigenvalue weighted by molar-refractivity contribution is 6.01. The molecular formula is C23H27FN4O4. The van der Waals surface area contributed by atoms with Gasteiger partial charge in [0.1, 0.15) is 17.1 Å². The molecule has 1 N–H and O–H groups in total. The molecule has 2 aliphatic rings. The van der Waals surface area contributed by atoms with Gasteiger partial charge in [-0.3, -0.25) is 14.3 Å². The maximum atomic E-state index is 13.8. The number of carbonyl (C=O) groups excluding carboxylic acids is 3. The van der Waals surface area contributed by atoms with Crippen molar-refractivity contribution in [1.29, 1.82) is 0 Å². The fourth-order valence-corrected chi connectivity index (χ4v) is 4.42. The van der Waals surface area contributed by atoms with Crippen LogP contribution in [0.2, 0.25) is 0 Å². The van der Waals surface area contributed by atoms with E-state index in [2.05, 4.69) is 10.4 Å². The van der Waals surface area contributed by atoms with Crippen molar-refractivity contribution in [3.05, 3.63) is 53.1 Å². The zero-order chi connectivity index (χ0) is 22.9. The van der Waals surface area contributed by atoms with Crippen molar-refractivity contribution in [2.45, 2.75) is 64.2 Å². The third-order valence-electron chi connectivity index (χ3n) is 6.19. The number of carbonyl (C=O) groups is 3. The lowest BCUT2D eigenvalue weighted by atomic mass is 9.93. The summed E-state index contributed by atoms with van der Waals surface area (Å²) in [5.41, 5.74) is -0.495. The Labute approximate surface area is 185 Å². The standard InChI is InChI=1S/C23H27FN4O4/c1-3-32-21(30)18-12-19-20(29)27(13-15-7-6-8-16(24)11-15)23(2,14-28(19)26-18)22(31)25-17-9-4-5-10-17/h6-8,11-12,17H,3-5,9-10,13-14H2,1-2H3,(H,25,31)/t23-/m0/s1. The normalized spacial score (nSPS) is 20.8. The van der Waals surface area contributed by atoms with Gasteiger partial charge in [-0.05, 0) is 44.4 Å². The van der Waals surface area contributed by atoms with Crippen molar-refractivity contribution in [3.8, 4) is 0 Å². The second-order valence-corrected chi connectivity index (χ2v) is 8.54. The molecule has 9 heteroatoms. The molecule has 8 nitrogen and oxygen atoms in total. The monoisotopic (exact) mass is 442 g/mol. The van der Waals surface area contributed by atoms with Crippen molar-refractivity contribution in [3.63, 3.8) is 0 Å². The molecule has 0 saturated heterocycles. The van der Waals surface area contributed by atoms with Gasteiger partial charge in [-0.15, -0.1) is 0 Å². The van der Waals surface area contributed by atoms with Gasteiger partial charge in [0.15, 0.2) is 5.69 Å². The third kappa shape index (κ3) is 4.11. The lowest BCUT2D eigenvalue weighted by Crippen LogP contribution is -2.64.